The van der Waals surface area contributed by atoms with Crippen molar-refractivity contribution in [2.24, 2.45) is 0 Å². The van der Waals surface area contributed by atoms with Crippen LogP contribution in [0.25, 0.3) is 0 Å². The predicted octanol–water partition coefficient (Wildman–Crippen LogP) is 3.12. The Morgan fingerprint density at radius 3 is 2.57 bits per heavy atom. The number of carbonyl (C=O) groups excluding carboxylic acids is 1. The highest BCUT2D eigenvalue weighted by Crippen LogP contribution is 2.22. The van der Waals surface area contributed by atoms with E-state index < -0.39 is 0 Å². The lowest BCUT2D eigenvalue weighted by Gasteiger charge is -2.26. The van der Waals surface area contributed by atoms with Gasteiger partial charge in [0.25, 0.3) is 0 Å². The minimum absolute atomic E-state index is 0.102. The molecule has 0 aliphatic rings. The van der Waals surface area contributed by atoms with Crippen molar-refractivity contribution in [3.05, 3.63) is 12.2 Å². The summed E-state index contributed by atoms with van der Waals surface area (Å²) in [4.78, 5) is 10.1. The molecule has 0 amide bonds. The fraction of sp³-hybridized carbons (Fsp3) is 0.750. The third-order valence-corrected chi connectivity index (χ3v) is 2.57. The van der Waals surface area contributed by atoms with E-state index in [-0.39, 0.29) is 5.60 Å². The molecule has 0 saturated heterocycles. The zero-order chi connectivity index (χ0) is 10.9. The first-order valence-corrected chi connectivity index (χ1v) is 5.34. The summed E-state index contributed by atoms with van der Waals surface area (Å²) < 4.78 is 5.46. The summed E-state index contributed by atoms with van der Waals surface area (Å²) in [6.07, 6.45) is 9.75. The molecule has 0 aliphatic heterocycles. The Balaban J connectivity index is 3.90. The highest BCUT2D eigenvalue weighted by molar-refractivity contribution is 5.64. The maximum absolute atomic E-state index is 10.1. The maximum atomic E-state index is 10.1. The van der Waals surface area contributed by atoms with Crippen molar-refractivity contribution in [1.29, 1.82) is 0 Å². The third kappa shape index (κ3) is 5.92. The quantitative estimate of drug-likeness (QED) is 0.340. The molecule has 14 heavy (non-hydrogen) atoms. The SMILES string of the molecule is CCCCCC(C)(CC=CC=O)OC. The number of carbonyl (C=O) groups is 1. The summed E-state index contributed by atoms with van der Waals surface area (Å²) in [7, 11) is 1.74. The molecule has 2 nitrogen and oxygen atoms in total. The Kier molecular flexibility index (Phi) is 7.40. The number of unbranched alkanes of at least 4 members (excludes halogenated alkanes) is 2. The summed E-state index contributed by atoms with van der Waals surface area (Å²) in [6, 6.07) is 0. The fourth-order valence-electron chi connectivity index (χ4n) is 1.41. The molecule has 0 aromatic rings. The van der Waals surface area contributed by atoms with E-state index in [1.807, 2.05) is 6.08 Å². The Labute approximate surface area is 87.3 Å². The average Bonchev–Trinajstić information content (AvgIpc) is 2.19. The monoisotopic (exact) mass is 198 g/mol. The molecule has 0 radical (unpaired) electrons. The summed E-state index contributed by atoms with van der Waals surface area (Å²) in [6.45, 7) is 4.29. The maximum Gasteiger partial charge on any atom is 0.142 e. The van der Waals surface area contributed by atoms with Crippen LogP contribution in [0.2, 0.25) is 0 Å². The molecule has 1 atom stereocenters. The van der Waals surface area contributed by atoms with Crippen LogP contribution < -0.4 is 0 Å². The lowest BCUT2D eigenvalue weighted by Crippen LogP contribution is -2.26. The van der Waals surface area contributed by atoms with Gasteiger partial charge in [-0.3, -0.25) is 4.79 Å². The number of aldehydes is 1. The molecular formula is C12H22O2. The number of hydrogen-bond acceptors (Lipinski definition) is 2. The van der Waals surface area contributed by atoms with Crippen molar-refractivity contribution in [3.63, 3.8) is 0 Å². The normalized spacial score (nSPS) is 15.6. The molecule has 0 rings (SSSR count). The molecule has 0 aromatic carbocycles. The van der Waals surface area contributed by atoms with Crippen molar-refractivity contribution in [3.8, 4) is 0 Å². The predicted molar refractivity (Wildman–Crippen MR) is 59.4 cm³/mol. The molecule has 0 bridgehead atoms. The average molecular weight is 198 g/mol. The molecule has 0 heterocycles. The number of hydrogen-bond donors (Lipinski definition) is 0. The van der Waals surface area contributed by atoms with E-state index >= 15 is 0 Å². The number of methoxy groups -OCH3 is 1. The first kappa shape index (κ1) is 13.4. The van der Waals surface area contributed by atoms with Crippen molar-refractivity contribution < 1.29 is 9.53 Å². The van der Waals surface area contributed by atoms with Crippen LogP contribution in [0.4, 0.5) is 0 Å². The lowest BCUT2D eigenvalue weighted by atomic mass is 9.94. The van der Waals surface area contributed by atoms with Crippen LogP contribution in [0.3, 0.4) is 0 Å². The van der Waals surface area contributed by atoms with E-state index in [1.54, 1.807) is 7.11 Å². The highest BCUT2D eigenvalue weighted by atomic mass is 16.5. The van der Waals surface area contributed by atoms with Crippen LogP contribution >= 0.6 is 0 Å². The molecule has 2 heteroatoms. The molecule has 0 aromatic heterocycles. The molecule has 0 fully saturated rings. The number of ether oxygens (including phenoxy) is 1. The van der Waals surface area contributed by atoms with Crippen LogP contribution in [0.1, 0.15) is 46.0 Å². The van der Waals surface area contributed by atoms with E-state index in [1.165, 1.54) is 25.3 Å². The van der Waals surface area contributed by atoms with Crippen molar-refractivity contribution >= 4 is 6.29 Å². The summed E-state index contributed by atoms with van der Waals surface area (Å²) >= 11 is 0. The van der Waals surface area contributed by atoms with Gasteiger partial charge in [-0.05, 0) is 25.8 Å². The smallest absolute Gasteiger partial charge is 0.142 e. The topological polar surface area (TPSA) is 26.3 Å². The molecular weight excluding hydrogens is 176 g/mol. The second-order valence-electron chi connectivity index (χ2n) is 3.88. The fourth-order valence-corrected chi connectivity index (χ4v) is 1.41. The van der Waals surface area contributed by atoms with E-state index in [4.69, 9.17) is 4.74 Å². The van der Waals surface area contributed by atoms with E-state index in [2.05, 4.69) is 13.8 Å². The van der Waals surface area contributed by atoms with E-state index in [9.17, 15) is 4.79 Å². The van der Waals surface area contributed by atoms with Gasteiger partial charge in [0.2, 0.25) is 0 Å². The minimum atomic E-state index is -0.102. The Morgan fingerprint density at radius 1 is 1.36 bits per heavy atom. The Morgan fingerprint density at radius 2 is 2.07 bits per heavy atom. The van der Waals surface area contributed by atoms with Gasteiger partial charge in [-0.1, -0.05) is 32.3 Å². The number of rotatable bonds is 8. The molecule has 0 saturated carbocycles. The zero-order valence-electron chi connectivity index (χ0n) is 9.58. The lowest BCUT2D eigenvalue weighted by molar-refractivity contribution is -0.104. The molecule has 1 unspecified atom stereocenters. The van der Waals surface area contributed by atoms with E-state index in [0.29, 0.717) is 0 Å². The van der Waals surface area contributed by atoms with Crippen molar-refractivity contribution in [2.75, 3.05) is 7.11 Å². The summed E-state index contributed by atoms with van der Waals surface area (Å²) in [5, 5.41) is 0. The minimum Gasteiger partial charge on any atom is -0.378 e. The molecule has 82 valence electrons. The van der Waals surface area contributed by atoms with Gasteiger partial charge in [-0.2, -0.15) is 0 Å². The van der Waals surface area contributed by atoms with Gasteiger partial charge in [-0.15, -0.1) is 0 Å². The summed E-state index contributed by atoms with van der Waals surface area (Å²) in [5.74, 6) is 0. The zero-order valence-corrected chi connectivity index (χ0v) is 9.58. The second-order valence-corrected chi connectivity index (χ2v) is 3.88. The molecule has 0 aliphatic carbocycles. The Hall–Kier alpha value is -0.630. The standard InChI is InChI=1S/C12H22O2/c1-4-5-6-9-12(2,14-3)10-7-8-11-13/h7-8,11H,4-6,9-10H2,1-3H3. The van der Waals surface area contributed by atoms with Crippen LogP contribution in [-0.4, -0.2) is 19.0 Å². The van der Waals surface area contributed by atoms with Gasteiger partial charge in [0.1, 0.15) is 6.29 Å². The molecule has 0 N–H and O–H groups in total. The van der Waals surface area contributed by atoms with Gasteiger partial charge in [0, 0.05) is 7.11 Å². The van der Waals surface area contributed by atoms with Crippen LogP contribution in [0.5, 0.6) is 0 Å². The van der Waals surface area contributed by atoms with Crippen LogP contribution in [0, 0.1) is 0 Å². The van der Waals surface area contributed by atoms with Gasteiger partial charge >= 0.3 is 0 Å². The van der Waals surface area contributed by atoms with Gasteiger partial charge in [0.15, 0.2) is 0 Å². The van der Waals surface area contributed by atoms with Crippen LogP contribution in [0.15, 0.2) is 12.2 Å². The second kappa shape index (κ2) is 7.74. The van der Waals surface area contributed by atoms with Crippen molar-refractivity contribution in [1.82, 2.24) is 0 Å². The van der Waals surface area contributed by atoms with Crippen molar-refractivity contribution in [2.45, 2.75) is 51.6 Å². The highest BCUT2D eigenvalue weighted by Gasteiger charge is 2.20. The van der Waals surface area contributed by atoms with Gasteiger partial charge in [0.05, 0.1) is 5.60 Å². The summed E-state index contributed by atoms with van der Waals surface area (Å²) in [5.41, 5.74) is -0.102. The van der Waals surface area contributed by atoms with Gasteiger partial charge in [-0.25, -0.2) is 0 Å². The van der Waals surface area contributed by atoms with Crippen LogP contribution in [-0.2, 0) is 9.53 Å². The first-order valence-electron chi connectivity index (χ1n) is 5.34. The largest absolute Gasteiger partial charge is 0.378 e. The Bertz CT molecular complexity index is 175. The third-order valence-electron chi connectivity index (χ3n) is 2.57. The number of allylic oxidation sites excluding steroid dienone is 1. The first-order chi connectivity index (χ1) is 6.68. The molecule has 0 spiro atoms. The van der Waals surface area contributed by atoms with Gasteiger partial charge < -0.3 is 4.74 Å². The van der Waals surface area contributed by atoms with E-state index in [0.717, 1.165) is 19.1 Å².